The Balaban J connectivity index is 1.50. The monoisotopic (exact) mass is 386 g/mol. The lowest BCUT2D eigenvalue weighted by molar-refractivity contribution is -0.0703. The van der Waals surface area contributed by atoms with E-state index in [2.05, 4.69) is 10.3 Å². The molecule has 2 fully saturated rings. The van der Waals surface area contributed by atoms with Gasteiger partial charge in [-0.3, -0.25) is 4.90 Å². The van der Waals surface area contributed by atoms with Crippen LogP contribution in [0, 0.1) is 0 Å². The quantitative estimate of drug-likeness (QED) is 0.396. The van der Waals surface area contributed by atoms with Gasteiger partial charge in [-0.1, -0.05) is 30.3 Å². The highest BCUT2D eigenvalue weighted by Crippen LogP contribution is 2.34. The molecule has 3 aliphatic rings. The van der Waals surface area contributed by atoms with Gasteiger partial charge in [0.2, 0.25) is 0 Å². The zero-order valence-electron chi connectivity index (χ0n) is 15.7. The number of aliphatic hydroxyl groups is 1. The number of aliphatic hydroxyl groups excluding tert-OH is 1. The van der Waals surface area contributed by atoms with Crippen LogP contribution in [-0.2, 0) is 14.0 Å². The Hall–Kier alpha value is -2.40. The van der Waals surface area contributed by atoms with Crippen molar-refractivity contribution in [1.82, 2.24) is 15.1 Å². The standard InChI is InChI=1S/C18H23BN4O5/c1-22(2)11-20-14-8-9-23(18(25)21-14)17-16-15(13(10-24)26-17)27-19(28-16)12-6-4-3-5-7-12/h3-9,11,13-17,24H,10H2,1-2H3,(H,21,25)/t13-,14?,15?,16?,17-/m1/s1. The van der Waals surface area contributed by atoms with Crippen molar-refractivity contribution in [2.75, 3.05) is 20.7 Å². The van der Waals surface area contributed by atoms with Gasteiger partial charge in [-0.25, -0.2) is 9.79 Å². The van der Waals surface area contributed by atoms with Crippen LogP contribution < -0.4 is 10.8 Å². The maximum absolute atomic E-state index is 12.6. The second kappa shape index (κ2) is 7.92. The molecule has 3 unspecified atom stereocenters. The predicted molar refractivity (Wildman–Crippen MR) is 103 cm³/mol. The summed E-state index contributed by atoms with van der Waals surface area (Å²) >= 11 is 0. The molecule has 1 aromatic rings. The van der Waals surface area contributed by atoms with Crippen molar-refractivity contribution in [3.8, 4) is 0 Å². The normalized spacial score (nSPS) is 32.1. The van der Waals surface area contributed by atoms with E-state index in [0.29, 0.717) is 0 Å². The summed E-state index contributed by atoms with van der Waals surface area (Å²) in [6, 6.07) is 9.20. The van der Waals surface area contributed by atoms with Gasteiger partial charge in [0, 0.05) is 20.3 Å². The van der Waals surface area contributed by atoms with Crippen LogP contribution in [0.25, 0.3) is 0 Å². The van der Waals surface area contributed by atoms with Gasteiger partial charge in [0.25, 0.3) is 0 Å². The fourth-order valence-corrected chi connectivity index (χ4v) is 3.46. The van der Waals surface area contributed by atoms with Gasteiger partial charge < -0.3 is 29.4 Å². The first-order chi connectivity index (χ1) is 13.6. The molecule has 2 saturated heterocycles. The van der Waals surface area contributed by atoms with Crippen molar-refractivity contribution in [2.45, 2.75) is 30.7 Å². The minimum Gasteiger partial charge on any atom is -0.399 e. The van der Waals surface area contributed by atoms with Crippen molar-refractivity contribution in [3.05, 3.63) is 42.6 Å². The van der Waals surface area contributed by atoms with E-state index in [0.717, 1.165) is 5.46 Å². The fourth-order valence-electron chi connectivity index (χ4n) is 3.46. The molecule has 0 saturated carbocycles. The highest BCUT2D eigenvalue weighted by molar-refractivity contribution is 6.61. The number of nitrogens with zero attached hydrogens (tertiary/aromatic N) is 3. The lowest BCUT2D eigenvalue weighted by atomic mass is 9.79. The summed E-state index contributed by atoms with van der Waals surface area (Å²) in [5, 5.41) is 12.5. The van der Waals surface area contributed by atoms with Gasteiger partial charge >= 0.3 is 13.1 Å². The first kappa shape index (κ1) is 18.9. The Labute approximate surface area is 163 Å². The number of carbonyl (C=O) groups is 1. The number of hydrogen-bond donors (Lipinski definition) is 2. The van der Waals surface area contributed by atoms with Crippen molar-refractivity contribution in [2.24, 2.45) is 4.99 Å². The summed E-state index contributed by atoms with van der Waals surface area (Å²) in [5.74, 6) is 0. The average Bonchev–Trinajstić information content (AvgIpc) is 3.27. The summed E-state index contributed by atoms with van der Waals surface area (Å²) < 4.78 is 17.9. The van der Waals surface area contributed by atoms with Crippen molar-refractivity contribution in [3.63, 3.8) is 0 Å². The molecule has 0 bridgehead atoms. The maximum Gasteiger partial charge on any atom is 0.494 e. The van der Waals surface area contributed by atoms with Gasteiger partial charge in [0.05, 0.1) is 12.9 Å². The molecule has 0 aliphatic carbocycles. The number of hydrogen-bond acceptors (Lipinski definition) is 6. The van der Waals surface area contributed by atoms with E-state index in [1.165, 1.54) is 4.90 Å². The van der Waals surface area contributed by atoms with Crippen LogP contribution in [0.4, 0.5) is 4.79 Å². The Morgan fingerprint density at radius 2 is 2.04 bits per heavy atom. The van der Waals surface area contributed by atoms with E-state index in [9.17, 15) is 9.90 Å². The highest BCUT2D eigenvalue weighted by atomic mass is 16.7. The third-order valence-corrected chi connectivity index (χ3v) is 4.77. The molecule has 2 N–H and O–H groups in total. The Morgan fingerprint density at radius 1 is 1.29 bits per heavy atom. The zero-order valence-corrected chi connectivity index (χ0v) is 15.7. The zero-order chi connectivity index (χ0) is 19.7. The molecule has 2 amide bonds. The molecule has 10 heteroatoms. The molecular weight excluding hydrogens is 363 g/mol. The van der Waals surface area contributed by atoms with Crippen LogP contribution in [0.5, 0.6) is 0 Å². The lowest BCUT2D eigenvalue weighted by Crippen LogP contribution is -2.53. The molecule has 4 rings (SSSR count). The average molecular weight is 386 g/mol. The number of urea groups is 1. The van der Waals surface area contributed by atoms with Gasteiger partial charge in [0.1, 0.15) is 24.5 Å². The summed E-state index contributed by atoms with van der Waals surface area (Å²) in [5.41, 5.74) is 0.879. The van der Waals surface area contributed by atoms with Crippen molar-refractivity contribution >= 4 is 25.0 Å². The molecule has 0 aromatic heterocycles. The fraction of sp³-hybridized carbons (Fsp3) is 0.444. The molecule has 9 nitrogen and oxygen atoms in total. The largest absolute Gasteiger partial charge is 0.494 e. The summed E-state index contributed by atoms with van der Waals surface area (Å²) in [6.45, 7) is -0.225. The van der Waals surface area contributed by atoms with Gasteiger partial charge in [-0.15, -0.1) is 0 Å². The number of nitrogens with one attached hydrogen (secondary N) is 1. The molecule has 1 aromatic carbocycles. The van der Waals surface area contributed by atoms with E-state index in [-0.39, 0.29) is 12.6 Å². The molecule has 3 aliphatic heterocycles. The number of rotatable bonds is 5. The van der Waals surface area contributed by atoms with Crippen molar-refractivity contribution in [1.29, 1.82) is 0 Å². The van der Waals surface area contributed by atoms with Gasteiger partial charge in [-0.05, 0) is 11.5 Å². The van der Waals surface area contributed by atoms with Crippen LogP contribution in [0.1, 0.15) is 0 Å². The second-order valence-corrected chi connectivity index (χ2v) is 7.06. The third-order valence-electron chi connectivity index (χ3n) is 4.77. The first-order valence-electron chi connectivity index (χ1n) is 9.16. The SMILES string of the molecule is CN(C)C=NC1C=CN([C@@H]2O[C@H](CO)C3OB(c4ccccc4)OC32)C(=O)N1. The number of carbonyl (C=O) groups excluding carboxylic acids is 1. The van der Waals surface area contributed by atoms with Crippen LogP contribution in [-0.4, -0.2) is 85.8 Å². The van der Waals surface area contributed by atoms with Gasteiger partial charge in [0.15, 0.2) is 6.23 Å². The van der Waals surface area contributed by atoms with Crippen LogP contribution in [0.2, 0.25) is 0 Å². The van der Waals surface area contributed by atoms with Crippen molar-refractivity contribution < 1.29 is 23.9 Å². The number of benzene rings is 1. The van der Waals surface area contributed by atoms with Crippen LogP contribution in [0.15, 0.2) is 47.6 Å². The topological polar surface area (TPSA) is 95.9 Å². The smallest absolute Gasteiger partial charge is 0.399 e. The summed E-state index contributed by atoms with van der Waals surface area (Å²) in [6.07, 6.45) is 2.32. The van der Waals surface area contributed by atoms with E-state index in [1.54, 1.807) is 23.5 Å². The van der Waals surface area contributed by atoms with Crippen LogP contribution in [0.3, 0.4) is 0 Å². The van der Waals surface area contributed by atoms with E-state index in [1.807, 2.05) is 44.4 Å². The minimum absolute atomic E-state index is 0.225. The molecule has 5 atom stereocenters. The molecule has 28 heavy (non-hydrogen) atoms. The minimum atomic E-state index is -0.703. The van der Waals surface area contributed by atoms with Gasteiger partial charge in [-0.2, -0.15) is 0 Å². The predicted octanol–water partition coefficient (Wildman–Crippen LogP) is -0.662. The summed E-state index contributed by atoms with van der Waals surface area (Å²) in [4.78, 5) is 20.1. The molecular formula is C18H23BN4O5. The van der Waals surface area contributed by atoms with E-state index < -0.39 is 37.8 Å². The number of amides is 2. The lowest BCUT2D eigenvalue weighted by Gasteiger charge is -2.32. The third kappa shape index (κ3) is 3.63. The second-order valence-electron chi connectivity index (χ2n) is 7.06. The van der Waals surface area contributed by atoms with Crippen LogP contribution >= 0.6 is 0 Å². The number of fused-ring (bicyclic) bond motifs is 1. The molecule has 0 radical (unpaired) electrons. The number of aliphatic imine (C=N–C) groups is 1. The highest BCUT2D eigenvalue weighted by Gasteiger charge is 2.56. The molecule has 0 spiro atoms. The molecule has 3 heterocycles. The maximum atomic E-state index is 12.6. The first-order valence-corrected chi connectivity index (χ1v) is 9.16. The summed E-state index contributed by atoms with van der Waals surface area (Å²) in [7, 11) is 3.14. The Morgan fingerprint density at radius 3 is 2.71 bits per heavy atom. The van der Waals surface area contributed by atoms with E-state index in [4.69, 9.17) is 14.0 Å². The van der Waals surface area contributed by atoms with E-state index >= 15 is 0 Å². The number of ether oxygens (including phenoxy) is 1. The Bertz CT molecular complexity index is 762. The Kier molecular flexibility index (Phi) is 5.36. The molecule has 148 valence electrons.